The molecule has 0 aliphatic carbocycles. The van der Waals surface area contributed by atoms with Crippen molar-refractivity contribution in [3.05, 3.63) is 0 Å². The molecule has 0 aromatic heterocycles. The van der Waals surface area contributed by atoms with E-state index >= 15 is 0 Å². The largest absolute Gasteiger partial charge is 0.286 e. The van der Waals surface area contributed by atoms with Crippen molar-refractivity contribution in [3.63, 3.8) is 0 Å². The van der Waals surface area contributed by atoms with Crippen molar-refractivity contribution in [2.75, 3.05) is 0 Å². The summed E-state index contributed by atoms with van der Waals surface area (Å²) >= 11 is 3.78. The molecule has 0 spiro atoms. The Bertz CT molecular complexity index is 93.1. The van der Waals surface area contributed by atoms with Crippen LogP contribution in [-0.2, 0) is 4.79 Å². The van der Waals surface area contributed by atoms with E-state index < -0.39 is 0 Å². The number of hydrogen-bond acceptors (Lipinski definition) is 3. The average Bonchev–Trinajstić information content (AvgIpc) is 1.62. The molecular weight excluding hydrogens is 140 g/mol. The number of hydrogen-bond donors (Lipinski definition) is 1. The minimum absolute atomic E-state index is 0.112. The van der Waals surface area contributed by atoms with Crippen LogP contribution in [0.25, 0.3) is 0 Å². The normalized spacial score (nSPS) is 11.5. The highest BCUT2D eigenvalue weighted by Gasteiger charge is 2.19. The van der Waals surface area contributed by atoms with Crippen molar-refractivity contribution >= 4 is 27.6 Å². The van der Waals surface area contributed by atoms with Crippen molar-refractivity contribution in [2.45, 2.75) is 20.8 Å². The maximum atomic E-state index is 10.7. The smallest absolute Gasteiger partial charge is 0.204 e. The fourth-order valence-electron chi connectivity index (χ4n) is 0.137. The van der Waals surface area contributed by atoms with Gasteiger partial charge in [-0.3, -0.25) is 4.79 Å². The minimum atomic E-state index is -0.244. The molecule has 0 unspecified atom stereocenters. The highest BCUT2D eigenvalue weighted by Crippen LogP contribution is 2.24. The summed E-state index contributed by atoms with van der Waals surface area (Å²) in [6.07, 6.45) is 0. The van der Waals surface area contributed by atoms with Gasteiger partial charge in [-0.05, 0) is 10.8 Å². The van der Waals surface area contributed by atoms with E-state index in [9.17, 15) is 4.79 Å². The molecule has 0 saturated heterocycles. The molecule has 0 atom stereocenters. The first-order chi connectivity index (χ1) is 3.48. The summed E-state index contributed by atoms with van der Waals surface area (Å²) < 4.78 is 0. The molecule has 0 saturated carbocycles. The van der Waals surface area contributed by atoms with Gasteiger partial charge in [0.05, 0.1) is 0 Å². The van der Waals surface area contributed by atoms with E-state index in [2.05, 4.69) is 11.7 Å². The molecule has 0 fully saturated rings. The van der Waals surface area contributed by atoms with Crippen molar-refractivity contribution in [1.29, 1.82) is 0 Å². The molecule has 0 amide bonds. The van der Waals surface area contributed by atoms with Crippen LogP contribution >= 0.6 is 22.5 Å². The predicted octanol–water partition coefficient (Wildman–Crippen LogP) is 2.14. The molecule has 0 radical (unpaired) electrons. The van der Waals surface area contributed by atoms with Crippen molar-refractivity contribution < 1.29 is 4.79 Å². The fraction of sp³-hybridized carbons (Fsp3) is 0.800. The van der Waals surface area contributed by atoms with E-state index in [1.54, 1.807) is 0 Å². The zero-order chi connectivity index (χ0) is 6.78. The molecule has 0 aromatic carbocycles. The van der Waals surface area contributed by atoms with Crippen LogP contribution < -0.4 is 0 Å². The van der Waals surface area contributed by atoms with E-state index in [-0.39, 0.29) is 10.5 Å². The second kappa shape index (κ2) is 2.78. The highest BCUT2D eigenvalue weighted by molar-refractivity contribution is 8.74. The summed E-state index contributed by atoms with van der Waals surface area (Å²) in [4.78, 5) is 10.7. The number of carbonyl (C=O) groups excluding carboxylic acids is 1. The molecule has 1 nitrogen and oxygen atoms in total. The number of thiol groups is 1. The molecule has 0 aliphatic heterocycles. The Hall–Kier alpha value is 0.370. The number of carbonyl (C=O) groups is 1. The Balaban J connectivity index is 3.82. The first-order valence-electron chi connectivity index (χ1n) is 2.34. The lowest BCUT2D eigenvalue weighted by Gasteiger charge is -2.12. The molecule has 0 rings (SSSR count). The second-order valence-electron chi connectivity index (χ2n) is 2.63. The lowest BCUT2D eigenvalue weighted by Crippen LogP contribution is -2.14. The van der Waals surface area contributed by atoms with Crippen LogP contribution in [0.15, 0.2) is 0 Å². The van der Waals surface area contributed by atoms with Gasteiger partial charge in [0, 0.05) is 5.41 Å². The van der Waals surface area contributed by atoms with Gasteiger partial charge >= 0.3 is 0 Å². The Morgan fingerprint density at radius 2 is 1.88 bits per heavy atom. The monoisotopic (exact) mass is 150 g/mol. The van der Waals surface area contributed by atoms with Crippen LogP contribution in [0.2, 0.25) is 0 Å². The summed E-state index contributed by atoms with van der Waals surface area (Å²) in [6.45, 7) is 5.62. The van der Waals surface area contributed by atoms with E-state index in [4.69, 9.17) is 0 Å². The molecule has 0 aliphatic rings. The summed E-state index contributed by atoms with van der Waals surface area (Å²) in [5, 5.41) is 0.112. The van der Waals surface area contributed by atoms with Gasteiger partial charge in [0.1, 0.15) is 0 Å². The van der Waals surface area contributed by atoms with Gasteiger partial charge in [-0.25, -0.2) is 0 Å². The molecule has 48 valence electrons. The SMILES string of the molecule is CC(C)(C)C(=O)SS. The number of rotatable bonds is 0. The van der Waals surface area contributed by atoms with Crippen LogP contribution in [0.1, 0.15) is 20.8 Å². The summed E-state index contributed by atoms with van der Waals surface area (Å²) in [7, 11) is 0.987. The zero-order valence-electron chi connectivity index (χ0n) is 5.26. The third kappa shape index (κ3) is 2.62. The van der Waals surface area contributed by atoms with Gasteiger partial charge < -0.3 is 0 Å². The van der Waals surface area contributed by atoms with Gasteiger partial charge in [-0.2, -0.15) is 0 Å². The second-order valence-corrected chi connectivity index (χ2v) is 3.73. The summed E-state index contributed by atoms with van der Waals surface area (Å²) in [5.41, 5.74) is -0.244. The van der Waals surface area contributed by atoms with Gasteiger partial charge in [0.15, 0.2) is 0 Å². The zero-order valence-corrected chi connectivity index (χ0v) is 6.97. The van der Waals surface area contributed by atoms with E-state index in [0.29, 0.717) is 0 Å². The van der Waals surface area contributed by atoms with Gasteiger partial charge in [-0.1, -0.05) is 20.8 Å². The highest BCUT2D eigenvalue weighted by atomic mass is 33.1. The van der Waals surface area contributed by atoms with Crippen LogP contribution in [0.5, 0.6) is 0 Å². The van der Waals surface area contributed by atoms with E-state index in [1.165, 1.54) is 0 Å². The molecule has 0 N–H and O–H groups in total. The third-order valence-corrected chi connectivity index (χ3v) is 1.97. The Kier molecular flexibility index (Phi) is 2.91. The van der Waals surface area contributed by atoms with Crippen LogP contribution in [0.3, 0.4) is 0 Å². The Labute approximate surface area is 59.0 Å². The maximum absolute atomic E-state index is 10.7. The molecule has 0 aromatic rings. The van der Waals surface area contributed by atoms with E-state index in [1.807, 2.05) is 20.8 Å². The van der Waals surface area contributed by atoms with Crippen LogP contribution in [-0.4, -0.2) is 5.12 Å². The fourth-order valence-corrected chi connectivity index (χ4v) is 1.23. The first-order valence-corrected chi connectivity index (χ1v) is 4.21. The molecule has 0 heterocycles. The topological polar surface area (TPSA) is 17.1 Å². The molecule has 8 heavy (non-hydrogen) atoms. The molecule has 0 bridgehead atoms. The summed E-state index contributed by atoms with van der Waals surface area (Å²) in [5.74, 6) is 0. The summed E-state index contributed by atoms with van der Waals surface area (Å²) in [6, 6.07) is 0. The van der Waals surface area contributed by atoms with Crippen LogP contribution in [0, 0.1) is 5.41 Å². The first kappa shape index (κ1) is 8.37. The average molecular weight is 150 g/mol. The minimum Gasteiger partial charge on any atom is -0.286 e. The maximum Gasteiger partial charge on any atom is 0.204 e. The standard InChI is InChI=1S/C5H10OS2/c1-5(2,3)4(6)8-7/h7H,1-3H3. The van der Waals surface area contributed by atoms with E-state index in [0.717, 1.165) is 10.8 Å². The van der Waals surface area contributed by atoms with Gasteiger partial charge in [0.25, 0.3) is 0 Å². The quantitative estimate of drug-likeness (QED) is 0.421. The lowest BCUT2D eigenvalue weighted by molar-refractivity contribution is -0.117. The molecular formula is C5H10OS2. The van der Waals surface area contributed by atoms with Crippen molar-refractivity contribution in [1.82, 2.24) is 0 Å². The Morgan fingerprint density at radius 3 is 1.88 bits per heavy atom. The van der Waals surface area contributed by atoms with Crippen molar-refractivity contribution in [2.24, 2.45) is 5.41 Å². The van der Waals surface area contributed by atoms with Crippen molar-refractivity contribution in [3.8, 4) is 0 Å². The third-order valence-electron chi connectivity index (χ3n) is 0.695. The molecule has 3 heteroatoms. The van der Waals surface area contributed by atoms with Gasteiger partial charge in [0.2, 0.25) is 5.12 Å². The van der Waals surface area contributed by atoms with Crippen LogP contribution in [0.4, 0.5) is 0 Å². The Morgan fingerprint density at radius 1 is 1.50 bits per heavy atom. The van der Waals surface area contributed by atoms with Gasteiger partial charge in [-0.15, -0.1) is 11.7 Å². The predicted molar refractivity (Wildman–Crippen MR) is 41.0 cm³/mol. The lowest BCUT2D eigenvalue weighted by atomic mass is 10.00.